The first-order valence-electron chi connectivity index (χ1n) is 6.80. The molecule has 2 aromatic rings. The van der Waals surface area contributed by atoms with Crippen molar-refractivity contribution in [1.29, 1.82) is 0 Å². The molecule has 0 aliphatic heterocycles. The van der Waals surface area contributed by atoms with Gasteiger partial charge in [0, 0.05) is 24.9 Å². The molecule has 0 atom stereocenters. The van der Waals surface area contributed by atoms with E-state index >= 15 is 0 Å². The van der Waals surface area contributed by atoms with Crippen LogP contribution in [0.1, 0.15) is 5.56 Å². The number of hydrogen-bond donors (Lipinski definition) is 1. The van der Waals surface area contributed by atoms with E-state index in [1.165, 1.54) is 0 Å². The Labute approximate surface area is 139 Å². The van der Waals surface area contributed by atoms with Crippen LogP contribution in [-0.2, 0) is 10.5 Å². The number of anilines is 2. The zero-order valence-corrected chi connectivity index (χ0v) is 14.1. The van der Waals surface area contributed by atoms with Crippen LogP contribution in [0.25, 0.3) is 0 Å². The molecule has 22 heavy (non-hydrogen) atoms. The van der Waals surface area contributed by atoms with Crippen LogP contribution >= 0.6 is 23.4 Å². The molecule has 1 N–H and O–H groups in total. The topological polar surface area (TPSA) is 45.2 Å². The summed E-state index contributed by atoms with van der Waals surface area (Å²) in [7, 11) is 3.85. The summed E-state index contributed by atoms with van der Waals surface area (Å²) in [4.78, 5) is 18.1. The lowest BCUT2D eigenvalue weighted by atomic mass is 10.2. The summed E-state index contributed by atoms with van der Waals surface area (Å²) in [5.41, 5.74) is 1.82. The quantitative estimate of drug-likeness (QED) is 0.874. The second-order valence-corrected chi connectivity index (χ2v) is 6.39. The number of carbonyl (C=O) groups excluding carboxylic acids is 1. The van der Waals surface area contributed by atoms with Gasteiger partial charge in [-0.2, -0.15) is 0 Å². The number of hydrogen-bond acceptors (Lipinski definition) is 4. The van der Waals surface area contributed by atoms with Gasteiger partial charge in [-0.15, -0.1) is 11.8 Å². The lowest BCUT2D eigenvalue weighted by Gasteiger charge is -2.11. The molecule has 0 bridgehead atoms. The Morgan fingerprint density at radius 2 is 2.14 bits per heavy atom. The molecular weight excluding hydrogens is 318 g/mol. The van der Waals surface area contributed by atoms with Crippen molar-refractivity contribution in [2.45, 2.75) is 5.75 Å². The summed E-state index contributed by atoms with van der Waals surface area (Å²) in [6.07, 6.45) is 1.66. The van der Waals surface area contributed by atoms with Gasteiger partial charge in [0.1, 0.15) is 5.82 Å². The molecule has 1 heterocycles. The fraction of sp³-hybridized carbons (Fsp3) is 0.250. The minimum Gasteiger partial charge on any atom is -0.363 e. The van der Waals surface area contributed by atoms with E-state index in [1.54, 1.807) is 18.0 Å². The molecule has 2 rings (SSSR count). The predicted molar refractivity (Wildman–Crippen MR) is 94.8 cm³/mol. The van der Waals surface area contributed by atoms with E-state index in [4.69, 9.17) is 11.6 Å². The van der Waals surface area contributed by atoms with Crippen LogP contribution in [0.4, 0.5) is 11.5 Å². The Morgan fingerprint density at radius 1 is 1.32 bits per heavy atom. The standard InChI is InChI=1S/C16H18ClN3OS/c1-20(2)15-7-6-14(9-18-15)19-16(21)11-22-10-12-4-3-5-13(17)8-12/h3-9H,10-11H2,1-2H3,(H,19,21). The normalized spacial score (nSPS) is 10.3. The molecule has 1 aromatic carbocycles. The van der Waals surface area contributed by atoms with E-state index in [-0.39, 0.29) is 5.91 Å². The Morgan fingerprint density at radius 3 is 2.77 bits per heavy atom. The van der Waals surface area contributed by atoms with Gasteiger partial charge in [0.25, 0.3) is 0 Å². The maximum atomic E-state index is 11.9. The third kappa shape index (κ3) is 5.24. The summed E-state index contributed by atoms with van der Waals surface area (Å²) >= 11 is 7.48. The number of aromatic nitrogens is 1. The highest BCUT2D eigenvalue weighted by molar-refractivity contribution is 7.99. The largest absolute Gasteiger partial charge is 0.363 e. The van der Waals surface area contributed by atoms with E-state index in [1.807, 2.05) is 55.4 Å². The molecule has 4 nitrogen and oxygen atoms in total. The number of rotatable bonds is 6. The van der Waals surface area contributed by atoms with E-state index in [0.29, 0.717) is 11.4 Å². The zero-order chi connectivity index (χ0) is 15.9. The average molecular weight is 336 g/mol. The van der Waals surface area contributed by atoms with Crippen molar-refractivity contribution in [3.63, 3.8) is 0 Å². The van der Waals surface area contributed by atoms with Crippen molar-refractivity contribution < 1.29 is 4.79 Å². The van der Waals surface area contributed by atoms with Crippen LogP contribution in [-0.4, -0.2) is 30.7 Å². The first kappa shape index (κ1) is 16.6. The highest BCUT2D eigenvalue weighted by Crippen LogP contribution is 2.17. The molecule has 0 spiro atoms. The minimum atomic E-state index is -0.0357. The fourth-order valence-corrected chi connectivity index (χ4v) is 2.80. The number of nitrogens with zero attached hydrogens (tertiary/aromatic N) is 2. The van der Waals surface area contributed by atoms with Crippen LogP contribution in [0, 0.1) is 0 Å². The summed E-state index contributed by atoms with van der Waals surface area (Å²) in [5, 5.41) is 3.56. The molecular formula is C16H18ClN3OS. The Kier molecular flexibility index (Phi) is 6.10. The molecule has 0 aliphatic carbocycles. The smallest absolute Gasteiger partial charge is 0.234 e. The number of nitrogens with one attached hydrogen (secondary N) is 1. The maximum absolute atomic E-state index is 11.9. The summed E-state index contributed by atoms with van der Waals surface area (Å²) < 4.78 is 0. The molecule has 1 amide bonds. The van der Waals surface area contributed by atoms with Crippen molar-refractivity contribution >= 4 is 40.8 Å². The van der Waals surface area contributed by atoms with E-state index in [2.05, 4.69) is 10.3 Å². The van der Waals surface area contributed by atoms with Gasteiger partial charge in [0.15, 0.2) is 0 Å². The van der Waals surface area contributed by atoms with Gasteiger partial charge in [-0.1, -0.05) is 23.7 Å². The lowest BCUT2D eigenvalue weighted by Crippen LogP contribution is -2.15. The third-order valence-corrected chi connectivity index (χ3v) is 4.12. The number of halogens is 1. The van der Waals surface area contributed by atoms with Crippen LogP contribution in [0.3, 0.4) is 0 Å². The molecule has 0 aliphatic rings. The van der Waals surface area contributed by atoms with Crippen LogP contribution < -0.4 is 10.2 Å². The van der Waals surface area contributed by atoms with Gasteiger partial charge in [-0.25, -0.2) is 4.98 Å². The Hall–Kier alpha value is -1.72. The summed E-state index contributed by atoms with van der Waals surface area (Å²) in [5.74, 6) is 1.97. The molecule has 0 fully saturated rings. The van der Waals surface area contributed by atoms with E-state index < -0.39 is 0 Å². The van der Waals surface area contributed by atoms with Crippen molar-refractivity contribution in [2.24, 2.45) is 0 Å². The van der Waals surface area contributed by atoms with Crippen molar-refractivity contribution in [3.05, 3.63) is 53.2 Å². The Bertz CT molecular complexity index is 632. The van der Waals surface area contributed by atoms with Gasteiger partial charge < -0.3 is 10.2 Å². The van der Waals surface area contributed by atoms with Gasteiger partial charge in [-0.3, -0.25) is 4.79 Å². The van der Waals surface area contributed by atoms with E-state index in [9.17, 15) is 4.79 Å². The van der Waals surface area contributed by atoms with Gasteiger partial charge >= 0.3 is 0 Å². The molecule has 0 radical (unpaired) electrons. The monoisotopic (exact) mass is 335 g/mol. The number of benzene rings is 1. The van der Waals surface area contributed by atoms with E-state index in [0.717, 1.165) is 22.2 Å². The molecule has 0 saturated carbocycles. The molecule has 116 valence electrons. The first-order chi connectivity index (χ1) is 10.5. The summed E-state index contributed by atoms with van der Waals surface area (Å²) in [6.45, 7) is 0. The van der Waals surface area contributed by atoms with Crippen LogP contribution in [0.5, 0.6) is 0 Å². The number of carbonyl (C=O) groups is 1. The second-order valence-electron chi connectivity index (χ2n) is 4.97. The molecule has 0 saturated heterocycles. The van der Waals surface area contributed by atoms with Gasteiger partial charge in [0.2, 0.25) is 5.91 Å². The predicted octanol–water partition coefficient (Wildman–Crippen LogP) is 3.67. The van der Waals surface area contributed by atoms with Crippen LogP contribution in [0.2, 0.25) is 5.02 Å². The number of thioether (sulfide) groups is 1. The summed E-state index contributed by atoms with van der Waals surface area (Å²) in [6, 6.07) is 11.4. The SMILES string of the molecule is CN(C)c1ccc(NC(=O)CSCc2cccc(Cl)c2)cn1. The molecule has 1 aromatic heterocycles. The minimum absolute atomic E-state index is 0.0357. The highest BCUT2D eigenvalue weighted by Gasteiger charge is 2.04. The number of amides is 1. The van der Waals surface area contributed by atoms with Gasteiger partial charge in [0.05, 0.1) is 17.6 Å². The maximum Gasteiger partial charge on any atom is 0.234 e. The van der Waals surface area contributed by atoms with Crippen molar-refractivity contribution in [2.75, 3.05) is 30.1 Å². The average Bonchev–Trinajstić information content (AvgIpc) is 2.48. The number of pyridine rings is 1. The zero-order valence-electron chi connectivity index (χ0n) is 12.5. The first-order valence-corrected chi connectivity index (χ1v) is 8.33. The van der Waals surface area contributed by atoms with Gasteiger partial charge in [-0.05, 0) is 29.8 Å². The second kappa shape index (κ2) is 8.06. The van der Waals surface area contributed by atoms with Crippen molar-refractivity contribution in [1.82, 2.24) is 4.98 Å². The van der Waals surface area contributed by atoms with Crippen molar-refractivity contribution in [3.8, 4) is 0 Å². The third-order valence-electron chi connectivity index (χ3n) is 2.88. The highest BCUT2D eigenvalue weighted by atomic mass is 35.5. The molecule has 0 unspecified atom stereocenters. The Balaban J connectivity index is 1.78. The molecule has 6 heteroatoms. The lowest BCUT2D eigenvalue weighted by molar-refractivity contribution is -0.113. The fourth-order valence-electron chi connectivity index (χ4n) is 1.81. The van der Waals surface area contributed by atoms with Crippen LogP contribution in [0.15, 0.2) is 42.6 Å².